The Morgan fingerprint density at radius 1 is 1.33 bits per heavy atom. The number of carboxylic acid groups (broad SMARTS) is 1. The van der Waals surface area contributed by atoms with E-state index in [1.54, 1.807) is 24.0 Å². The zero-order valence-corrected chi connectivity index (χ0v) is 14.0. The average molecular weight is 334 g/mol. The summed E-state index contributed by atoms with van der Waals surface area (Å²) < 4.78 is 4.85. The van der Waals surface area contributed by atoms with Gasteiger partial charge in [0.15, 0.2) is 0 Å². The van der Waals surface area contributed by atoms with Crippen LogP contribution in [0.4, 0.5) is 4.79 Å². The Kier molecular flexibility index (Phi) is 5.11. The fraction of sp³-hybridized carbons (Fsp3) is 0.471. The molecule has 7 heteroatoms. The number of hydrogen-bond acceptors (Lipinski definition) is 4. The molecule has 0 unspecified atom stereocenters. The number of carbonyl (C=O) groups is 3. The summed E-state index contributed by atoms with van der Waals surface area (Å²) in [5, 5.41) is 11.7. The molecule has 0 aromatic heterocycles. The second kappa shape index (κ2) is 6.90. The van der Waals surface area contributed by atoms with Gasteiger partial charge in [-0.25, -0.2) is 9.59 Å². The molecule has 2 N–H and O–H groups in total. The number of aromatic carboxylic acids is 1. The van der Waals surface area contributed by atoms with Crippen LogP contribution in [-0.2, 0) is 16.1 Å². The molecular formula is C17H22N2O5. The molecule has 0 spiro atoms. The van der Waals surface area contributed by atoms with Crippen LogP contribution in [0.3, 0.4) is 0 Å². The number of rotatable bonds is 4. The number of likely N-dealkylation sites (tertiary alicyclic amines) is 1. The van der Waals surface area contributed by atoms with Gasteiger partial charge in [0, 0.05) is 19.6 Å². The average Bonchev–Trinajstić information content (AvgIpc) is 2.88. The summed E-state index contributed by atoms with van der Waals surface area (Å²) in [5.74, 6) is -1.29. The Labute approximate surface area is 140 Å². The molecule has 0 saturated carbocycles. The second-order valence-corrected chi connectivity index (χ2v) is 6.35. The molecule has 7 nitrogen and oxygen atoms in total. The van der Waals surface area contributed by atoms with Gasteiger partial charge in [-0.2, -0.15) is 0 Å². The first-order valence-electron chi connectivity index (χ1n) is 7.71. The quantitative estimate of drug-likeness (QED) is 0.818. The number of carbonyl (C=O) groups excluding carboxylic acids is 2. The third-order valence-electron chi connectivity index (χ3n) is 4.68. The summed E-state index contributed by atoms with van der Waals surface area (Å²) in [4.78, 5) is 36.7. The molecule has 2 amide bonds. The van der Waals surface area contributed by atoms with Crippen LogP contribution in [0.25, 0.3) is 0 Å². The van der Waals surface area contributed by atoms with E-state index in [0.717, 1.165) is 5.56 Å². The van der Waals surface area contributed by atoms with Crippen LogP contribution in [0, 0.1) is 11.3 Å². The number of nitrogens with one attached hydrogen (secondary N) is 1. The predicted octanol–water partition coefficient (Wildman–Crippen LogP) is 1.73. The molecule has 24 heavy (non-hydrogen) atoms. The van der Waals surface area contributed by atoms with Crippen LogP contribution in [0.15, 0.2) is 24.3 Å². The van der Waals surface area contributed by atoms with Crippen molar-refractivity contribution in [2.45, 2.75) is 20.4 Å². The smallest absolute Gasteiger partial charge is 0.335 e. The van der Waals surface area contributed by atoms with Gasteiger partial charge in [-0.15, -0.1) is 0 Å². The topological polar surface area (TPSA) is 95.9 Å². The highest BCUT2D eigenvalue weighted by atomic mass is 16.5. The highest BCUT2D eigenvalue weighted by Gasteiger charge is 2.48. The molecule has 0 aliphatic carbocycles. The van der Waals surface area contributed by atoms with Crippen molar-refractivity contribution in [2.75, 3.05) is 20.2 Å². The molecule has 1 aliphatic heterocycles. The number of benzene rings is 1. The van der Waals surface area contributed by atoms with Crippen molar-refractivity contribution in [1.29, 1.82) is 0 Å². The highest BCUT2D eigenvalue weighted by molar-refractivity contribution is 5.87. The summed E-state index contributed by atoms with van der Waals surface area (Å²) in [6.45, 7) is 4.81. The standard InChI is InChI=1S/C17H22N2O5/c1-11-9-19(10-17(11,2)15(22)24-3)16(23)18-8-12-4-6-13(7-5-12)14(20)21/h4-7,11H,8-10H2,1-3H3,(H,18,23)(H,20,21)/t11-,17-/m1/s1. The molecule has 1 heterocycles. The van der Waals surface area contributed by atoms with Crippen molar-refractivity contribution >= 4 is 18.0 Å². The molecule has 0 radical (unpaired) electrons. The number of nitrogens with zero attached hydrogens (tertiary/aromatic N) is 1. The Bertz CT molecular complexity index is 643. The summed E-state index contributed by atoms with van der Waals surface area (Å²) in [5.41, 5.74) is 0.304. The number of methoxy groups -OCH3 is 1. The van der Waals surface area contributed by atoms with Crippen LogP contribution in [0.1, 0.15) is 29.8 Å². The number of ether oxygens (including phenoxy) is 1. The fourth-order valence-corrected chi connectivity index (χ4v) is 2.86. The number of carboxylic acids is 1. The van der Waals surface area contributed by atoms with E-state index in [9.17, 15) is 14.4 Å². The molecule has 2 atom stereocenters. The van der Waals surface area contributed by atoms with Crippen molar-refractivity contribution in [3.8, 4) is 0 Å². The largest absolute Gasteiger partial charge is 0.478 e. The van der Waals surface area contributed by atoms with Crippen molar-refractivity contribution < 1.29 is 24.2 Å². The van der Waals surface area contributed by atoms with E-state index in [1.165, 1.54) is 19.2 Å². The maximum absolute atomic E-state index is 12.3. The van der Waals surface area contributed by atoms with Crippen molar-refractivity contribution in [2.24, 2.45) is 11.3 Å². The molecule has 2 rings (SSSR count). The maximum Gasteiger partial charge on any atom is 0.335 e. The van der Waals surface area contributed by atoms with E-state index in [1.807, 2.05) is 6.92 Å². The number of amides is 2. The zero-order valence-electron chi connectivity index (χ0n) is 14.0. The maximum atomic E-state index is 12.3. The number of hydrogen-bond donors (Lipinski definition) is 2. The van der Waals surface area contributed by atoms with E-state index in [2.05, 4.69) is 5.32 Å². The lowest BCUT2D eigenvalue weighted by atomic mass is 9.81. The van der Waals surface area contributed by atoms with E-state index < -0.39 is 11.4 Å². The van der Waals surface area contributed by atoms with Gasteiger partial charge in [-0.3, -0.25) is 4.79 Å². The van der Waals surface area contributed by atoms with Crippen LogP contribution in [0.2, 0.25) is 0 Å². The lowest BCUT2D eigenvalue weighted by Gasteiger charge is -2.24. The van der Waals surface area contributed by atoms with Gasteiger partial charge in [0.05, 0.1) is 18.1 Å². The van der Waals surface area contributed by atoms with Gasteiger partial charge in [0.2, 0.25) is 0 Å². The Balaban J connectivity index is 1.94. The van der Waals surface area contributed by atoms with Crippen LogP contribution >= 0.6 is 0 Å². The summed E-state index contributed by atoms with van der Waals surface area (Å²) >= 11 is 0. The van der Waals surface area contributed by atoms with Crippen molar-refractivity contribution in [3.05, 3.63) is 35.4 Å². The molecule has 1 aromatic rings. The van der Waals surface area contributed by atoms with Gasteiger partial charge in [0.25, 0.3) is 0 Å². The van der Waals surface area contributed by atoms with Gasteiger partial charge < -0.3 is 20.1 Å². The zero-order chi connectivity index (χ0) is 17.9. The molecule has 1 aliphatic rings. The summed E-state index contributed by atoms with van der Waals surface area (Å²) in [6.07, 6.45) is 0. The van der Waals surface area contributed by atoms with Gasteiger partial charge in [0.1, 0.15) is 0 Å². The first-order chi connectivity index (χ1) is 11.3. The Hall–Kier alpha value is -2.57. The molecule has 1 fully saturated rings. The Morgan fingerprint density at radius 3 is 2.50 bits per heavy atom. The summed E-state index contributed by atoms with van der Waals surface area (Å²) in [7, 11) is 1.35. The van der Waals surface area contributed by atoms with Crippen LogP contribution < -0.4 is 5.32 Å². The highest BCUT2D eigenvalue weighted by Crippen LogP contribution is 2.36. The van der Waals surface area contributed by atoms with E-state index >= 15 is 0 Å². The molecule has 0 bridgehead atoms. The second-order valence-electron chi connectivity index (χ2n) is 6.35. The fourth-order valence-electron chi connectivity index (χ4n) is 2.86. The van der Waals surface area contributed by atoms with E-state index in [-0.39, 0.29) is 23.5 Å². The third kappa shape index (κ3) is 3.50. The van der Waals surface area contributed by atoms with Gasteiger partial charge in [-0.05, 0) is 30.5 Å². The molecule has 1 aromatic carbocycles. The van der Waals surface area contributed by atoms with Gasteiger partial charge in [-0.1, -0.05) is 19.1 Å². The first kappa shape index (κ1) is 17.8. The number of esters is 1. The monoisotopic (exact) mass is 334 g/mol. The molecular weight excluding hydrogens is 312 g/mol. The minimum Gasteiger partial charge on any atom is -0.478 e. The lowest BCUT2D eigenvalue weighted by Crippen LogP contribution is -2.41. The lowest BCUT2D eigenvalue weighted by molar-refractivity contribution is -0.152. The van der Waals surface area contributed by atoms with Crippen molar-refractivity contribution in [1.82, 2.24) is 10.2 Å². The van der Waals surface area contributed by atoms with Gasteiger partial charge >= 0.3 is 18.0 Å². The minimum atomic E-state index is -0.987. The van der Waals surface area contributed by atoms with Crippen LogP contribution in [-0.4, -0.2) is 48.2 Å². The SMILES string of the molecule is COC(=O)[C@]1(C)CN(C(=O)NCc2ccc(C(=O)O)cc2)C[C@H]1C. The predicted molar refractivity (Wildman–Crippen MR) is 86.5 cm³/mol. The van der Waals surface area contributed by atoms with E-state index in [0.29, 0.717) is 19.6 Å². The molecule has 1 saturated heterocycles. The first-order valence-corrected chi connectivity index (χ1v) is 7.71. The Morgan fingerprint density at radius 2 is 1.96 bits per heavy atom. The third-order valence-corrected chi connectivity index (χ3v) is 4.68. The number of urea groups is 1. The minimum absolute atomic E-state index is 0.00514. The molecule has 130 valence electrons. The summed E-state index contributed by atoms with van der Waals surface area (Å²) in [6, 6.07) is 6.06. The van der Waals surface area contributed by atoms with Crippen molar-refractivity contribution in [3.63, 3.8) is 0 Å². The van der Waals surface area contributed by atoms with E-state index in [4.69, 9.17) is 9.84 Å². The van der Waals surface area contributed by atoms with Crippen LogP contribution in [0.5, 0.6) is 0 Å². The normalized spacial score (nSPS) is 23.0.